The van der Waals surface area contributed by atoms with Crippen molar-refractivity contribution >= 4 is 51.9 Å². The third kappa shape index (κ3) is 2.85. The van der Waals surface area contributed by atoms with Gasteiger partial charge in [-0.2, -0.15) is 0 Å². The molecule has 0 atom stereocenters. The Labute approximate surface area is 148 Å². The minimum atomic E-state index is -0.622. The van der Waals surface area contributed by atoms with Crippen LogP contribution in [0.4, 0.5) is 16.2 Å². The average molecular weight is 356 g/mol. The smallest absolute Gasteiger partial charge is 0.323 e. The lowest BCUT2D eigenvalue weighted by Crippen LogP contribution is -2.31. The second-order valence-corrected chi connectivity index (χ2v) is 5.26. The van der Waals surface area contributed by atoms with E-state index in [1.54, 1.807) is 49.6 Å². The van der Waals surface area contributed by atoms with E-state index in [1.165, 1.54) is 4.90 Å². The number of nitrogens with two attached hydrogens (primary N) is 1. The first-order chi connectivity index (χ1) is 11.6. The molecule has 0 radical (unpaired) electrons. The van der Waals surface area contributed by atoms with Crippen molar-refractivity contribution in [2.24, 2.45) is 5.73 Å². The lowest BCUT2D eigenvalue weighted by Gasteiger charge is -2.21. The largest absolute Gasteiger partial charge is 0.441 e. The molecular formula is C17H14ClN5O2. The molecule has 2 N–H and O–H groups in total. The number of hydrogen-bond acceptors (Lipinski definition) is 5. The summed E-state index contributed by atoms with van der Waals surface area (Å²) in [6, 6.07) is 9.98. The number of benzene rings is 1. The summed E-state index contributed by atoms with van der Waals surface area (Å²) in [5.74, 6) is 0.559. The summed E-state index contributed by atoms with van der Waals surface area (Å²) in [6.45, 7) is 1.77. The summed E-state index contributed by atoms with van der Waals surface area (Å²) in [5.41, 5.74) is 9.34. The van der Waals surface area contributed by atoms with Gasteiger partial charge in [-0.05, 0) is 30.3 Å². The van der Waals surface area contributed by atoms with Crippen molar-refractivity contribution in [3.8, 4) is 0 Å². The summed E-state index contributed by atoms with van der Waals surface area (Å²) in [5, 5.41) is 0. The van der Waals surface area contributed by atoms with Gasteiger partial charge in [-0.15, -0.1) is 12.4 Å². The van der Waals surface area contributed by atoms with Crippen LogP contribution in [0.5, 0.6) is 0 Å². The number of fused-ring (bicyclic) bond motifs is 2. The Balaban J connectivity index is 0.00000182. The van der Waals surface area contributed by atoms with E-state index in [-0.39, 0.29) is 12.4 Å². The van der Waals surface area contributed by atoms with Crippen LogP contribution in [0, 0.1) is 6.92 Å². The van der Waals surface area contributed by atoms with Gasteiger partial charge in [0.2, 0.25) is 0 Å². The number of urea groups is 1. The summed E-state index contributed by atoms with van der Waals surface area (Å²) < 4.78 is 5.54. The van der Waals surface area contributed by atoms with E-state index in [0.29, 0.717) is 33.9 Å². The minimum Gasteiger partial charge on any atom is -0.441 e. The van der Waals surface area contributed by atoms with Crippen molar-refractivity contribution in [3.63, 3.8) is 0 Å². The van der Waals surface area contributed by atoms with Crippen molar-refractivity contribution in [2.45, 2.75) is 6.92 Å². The Morgan fingerprint density at radius 2 is 1.96 bits per heavy atom. The second-order valence-electron chi connectivity index (χ2n) is 5.26. The molecule has 3 heterocycles. The normalized spacial score (nSPS) is 10.6. The fourth-order valence-electron chi connectivity index (χ4n) is 2.70. The van der Waals surface area contributed by atoms with E-state index < -0.39 is 6.03 Å². The van der Waals surface area contributed by atoms with E-state index >= 15 is 0 Å². The molecule has 126 valence electrons. The van der Waals surface area contributed by atoms with Gasteiger partial charge in [-0.1, -0.05) is 0 Å². The van der Waals surface area contributed by atoms with Gasteiger partial charge in [0.25, 0.3) is 0 Å². The lowest BCUT2D eigenvalue weighted by molar-refractivity contribution is 0.256. The zero-order valence-electron chi connectivity index (χ0n) is 13.2. The monoisotopic (exact) mass is 355 g/mol. The quantitative estimate of drug-likeness (QED) is 0.591. The molecule has 7 nitrogen and oxygen atoms in total. The Morgan fingerprint density at radius 1 is 1.12 bits per heavy atom. The van der Waals surface area contributed by atoms with Crippen molar-refractivity contribution in [1.82, 2.24) is 15.0 Å². The maximum Gasteiger partial charge on any atom is 0.323 e. The summed E-state index contributed by atoms with van der Waals surface area (Å²) in [4.78, 5) is 26.4. The van der Waals surface area contributed by atoms with E-state index in [9.17, 15) is 4.79 Å². The van der Waals surface area contributed by atoms with Crippen LogP contribution in [-0.2, 0) is 0 Å². The highest BCUT2D eigenvalue weighted by Crippen LogP contribution is 2.32. The van der Waals surface area contributed by atoms with E-state index in [0.717, 1.165) is 5.52 Å². The highest BCUT2D eigenvalue weighted by atomic mass is 35.5. The molecule has 0 fully saturated rings. The van der Waals surface area contributed by atoms with Gasteiger partial charge in [0, 0.05) is 25.4 Å². The van der Waals surface area contributed by atoms with Crippen LogP contribution < -0.4 is 10.6 Å². The maximum atomic E-state index is 12.1. The Morgan fingerprint density at radius 3 is 2.76 bits per heavy atom. The predicted molar refractivity (Wildman–Crippen MR) is 97.3 cm³/mol. The minimum absolute atomic E-state index is 0. The molecule has 8 heteroatoms. The molecule has 1 aromatic carbocycles. The summed E-state index contributed by atoms with van der Waals surface area (Å²) in [6.07, 6.45) is 3.27. The van der Waals surface area contributed by atoms with Crippen molar-refractivity contribution < 1.29 is 9.21 Å². The average Bonchev–Trinajstić information content (AvgIpc) is 2.94. The molecule has 3 aromatic heterocycles. The van der Waals surface area contributed by atoms with Crippen LogP contribution in [-0.4, -0.2) is 21.0 Å². The van der Waals surface area contributed by atoms with Crippen LogP contribution in [0.3, 0.4) is 0 Å². The number of nitrogens with zero attached hydrogens (tertiary/aromatic N) is 4. The number of aromatic nitrogens is 3. The lowest BCUT2D eigenvalue weighted by atomic mass is 10.2. The number of carbonyl (C=O) groups is 1. The number of halogens is 1. The molecule has 0 spiro atoms. The van der Waals surface area contributed by atoms with Gasteiger partial charge in [0.05, 0.1) is 16.9 Å². The molecule has 0 saturated carbocycles. The zero-order chi connectivity index (χ0) is 16.7. The molecule has 0 saturated heterocycles. The molecule has 0 aliphatic heterocycles. The molecule has 0 bridgehead atoms. The van der Waals surface area contributed by atoms with Gasteiger partial charge < -0.3 is 10.2 Å². The number of primary amides is 1. The van der Waals surface area contributed by atoms with Crippen molar-refractivity contribution in [2.75, 3.05) is 4.90 Å². The highest BCUT2D eigenvalue weighted by molar-refractivity contribution is 6.05. The molecule has 2 amide bonds. The fourth-order valence-corrected chi connectivity index (χ4v) is 2.70. The van der Waals surface area contributed by atoms with Gasteiger partial charge in [-0.25, -0.2) is 9.78 Å². The number of pyridine rings is 2. The summed E-state index contributed by atoms with van der Waals surface area (Å²) in [7, 11) is 0. The maximum absolute atomic E-state index is 12.1. The van der Waals surface area contributed by atoms with Crippen LogP contribution in [0.2, 0.25) is 0 Å². The van der Waals surface area contributed by atoms with Crippen LogP contribution in [0.1, 0.15) is 5.89 Å². The van der Waals surface area contributed by atoms with Gasteiger partial charge in [0.15, 0.2) is 11.5 Å². The van der Waals surface area contributed by atoms with Crippen LogP contribution >= 0.6 is 12.4 Å². The highest BCUT2D eigenvalue weighted by Gasteiger charge is 2.19. The van der Waals surface area contributed by atoms with E-state index in [1.807, 2.05) is 6.07 Å². The Kier molecular flexibility index (Phi) is 4.24. The topological polar surface area (TPSA) is 98.1 Å². The molecule has 0 unspecified atom stereocenters. The number of rotatable bonds is 2. The molecule has 0 aliphatic rings. The third-order valence-corrected chi connectivity index (χ3v) is 3.67. The zero-order valence-corrected chi connectivity index (χ0v) is 14.0. The van der Waals surface area contributed by atoms with Crippen LogP contribution in [0.15, 0.2) is 53.2 Å². The second kappa shape index (κ2) is 6.37. The predicted octanol–water partition coefficient (Wildman–Crippen LogP) is 3.72. The van der Waals surface area contributed by atoms with E-state index in [2.05, 4.69) is 15.0 Å². The molecular weight excluding hydrogens is 342 g/mol. The first kappa shape index (κ1) is 16.7. The summed E-state index contributed by atoms with van der Waals surface area (Å²) >= 11 is 0. The van der Waals surface area contributed by atoms with Gasteiger partial charge in [0.1, 0.15) is 11.0 Å². The molecule has 0 aliphatic carbocycles. The third-order valence-electron chi connectivity index (χ3n) is 3.67. The Bertz CT molecular complexity index is 1070. The van der Waals surface area contributed by atoms with Crippen molar-refractivity contribution in [1.29, 1.82) is 0 Å². The first-order valence-corrected chi connectivity index (χ1v) is 7.30. The molecule has 4 rings (SSSR count). The standard InChI is InChI=1S/C17H13N5O2.ClH/c1-10-21-12-5-4-11(9-15(12)24-10)22(17(18)23)14-6-8-19-13-3-2-7-20-16(13)14;/h2-9H,1H3,(H2,18,23);1H. The fraction of sp³-hybridized carbons (Fsp3) is 0.0588. The number of hydrogen-bond donors (Lipinski definition) is 1. The number of carbonyl (C=O) groups excluding carboxylic acids is 1. The number of amides is 2. The number of oxazole rings is 1. The molecule has 4 aromatic rings. The van der Waals surface area contributed by atoms with Crippen molar-refractivity contribution in [3.05, 3.63) is 54.7 Å². The molecule has 25 heavy (non-hydrogen) atoms. The first-order valence-electron chi connectivity index (χ1n) is 7.30. The number of aryl methyl sites for hydroxylation is 1. The van der Waals surface area contributed by atoms with Gasteiger partial charge in [-0.3, -0.25) is 14.9 Å². The van der Waals surface area contributed by atoms with Gasteiger partial charge >= 0.3 is 6.03 Å². The Hall–Kier alpha value is -3.19. The SMILES string of the molecule is Cc1nc2ccc(N(C(N)=O)c3ccnc4cccnc34)cc2o1.Cl. The van der Waals surface area contributed by atoms with E-state index in [4.69, 9.17) is 10.2 Å². The van der Waals surface area contributed by atoms with Crippen LogP contribution in [0.25, 0.3) is 22.1 Å². The number of anilines is 2.